The number of benzene rings is 2. The molecule has 0 fully saturated rings. The number of amides is 2. The minimum Gasteiger partial charge on any atom is -0.354 e. The molecule has 1 aliphatic heterocycles. The normalized spacial score (nSPS) is 13.2. The van der Waals surface area contributed by atoms with E-state index < -0.39 is 0 Å². The van der Waals surface area contributed by atoms with Gasteiger partial charge in [0, 0.05) is 33.7 Å². The van der Waals surface area contributed by atoms with Crippen LogP contribution in [0.3, 0.4) is 0 Å². The van der Waals surface area contributed by atoms with Crippen LogP contribution in [0.1, 0.15) is 26.3 Å². The zero-order valence-corrected chi connectivity index (χ0v) is 18.0. The SMILES string of the molecule is CN=C(NCCN1C(=O)c2ccccc2C1=O)N(C)Cc1ccc(F)cc1.I. The molecule has 0 atom stereocenters. The van der Waals surface area contributed by atoms with Crippen LogP contribution in [0.2, 0.25) is 0 Å². The van der Waals surface area contributed by atoms with Crippen molar-refractivity contribution in [1.82, 2.24) is 15.1 Å². The Kier molecular flexibility index (Phi) is 7.50. The van der Waals surface area contributed by atoms with Crippen molar-refractivity contribution in [2.75, 3.05) is 27.2 Å². The molecular weight excluding hydrogens is 474 g/mol. The van der Waals surface area contributed by atoms with Crippen LogP contribution in [0, 0.1) is 5.82 Å². The zero-order chi connectivity index (χ0) is 19.4. The second-order valence-corrected chi connectivity index (χ2v) is 6.26. The summed E-state index contributed by atoms with van der Waals surface area (Å²) in [7, 11) is 3.52. The highest BCUT2D eigenvalue weighted by Crippen LogP contribution is 2.21. The number of hydrogen-bond donors (Lipinski definition) is 1. The zero-order valence-electron chi connectivity index (χ0n) is 15.7. The number of aliphatic imine (C=N–C) groups is 1. The van der Waals surface area contributed by atoms with Crippen molar-refractivity contribution in [2.24, 2.45) is 4.99 Å². The fraction of sp³-hybridized carbons (Fsp3) is 0.250. The van der Waals surface area contributed by atoms with Crippen molar-refractivity contribution >= 4 is 41.8 Å². The summed E-state index contributed by atoms with van der Waals surface area (Å²) in [6, 6.07) is 13.1. The van der Waals surface area contributed by atoms with Crippen LogP contribution in [0.25, 0.3) is 0 Å². The third kappa shape index (κ3) is 4.67. The molecule has 2 amide bonds. The van der Waals surface area contributed by atoms with Gasteiger partial charge in [-0.1, -0.05) is 24.3 Å². The molecule has 1 aliphatic rings. The molecule has 148 valence electrons. The predicted octanol–water partition coefficient (Wildman–Crippen LogP) is 2.75. The molecule has 1 heterocycles. The second kappa shape index (κ2) is 9.63. The van der Waals surface area contributed by atoms with Gasteiger partial charge in [-0.15, -0.1) is 24.0 Å². The maximum Gasteiger partial charge on any atom is 0.261 e. The number of hydrogen-bond acceptors (Lipinski definition) is 3. The summed E-state index contributed by atoms with van der Waals surface area (Å²) in [6.07, 6.45) is 0. The lowest BCUT2D eigenvalue weighted by Crippen LogP contribution is -2.43. The van der Waals surface area contributed by atoms with E-state index in [1.54, 1.807) is 43.4 Å². The van der Waals surface area contributed by atoms with Gasteiger partial charge in [0.25, 0.3) is 11.8 Å². The highest BCUT2D eigenvalue weighted by molar-refractivity contribution is 14.0. The molecule has 28 heavy (non-hydrogen) atoms. The van der Waals surface area contributed by atoms with E-state index >= 15 is 0 Å². The largest absolute Gasteiger partial charge is 0.354 e. The van der Waals surface area contributed by atoms with E-state index in [2.05, 4.69) is 10.3 Å². The van der Waals surface area contributed by atoms with Gasteiger partial charge in [-0.25, -0.2) is 4.39 Å². The molecule has 0 aliphatic carbocycles. The van der Waals surface area contributed by atoms with Crippen molar-refractivity contribution in [2.45, 2.75) is 6.54 Å². The Bertz CT molecular complexity index is 851. The Labute approximate surface area is 180 Å². The third-order valence-electron chi connectivity index (χ3n) is 4.40. The average molecular weight is 496 g/mol. The van der Waals surface area contributed by atoms with Crippen molar-refractivity contribution in [3.05, 3.63) is 71.0 Å². The first kappa shape index (κ1) is 21.8. The first-order valence-corrected chi connectivity index (χ1v) is 8.62. The van der Waals surface area contributed by atoms with E-state index in [0.29, 0.717) is 30.2 Å². The molecule has 0 aromatic heterocycles. The van der Waals surface area contributed by atoms with Crippen molar-refractivity contribution < 1.29 is 14.0 Å². The second-order valence-electron chi connectivity index (χ2n) is 6.26. The number of carbonyl (C=O) groups excluding carboxylic acids is 2. The Morgan fingerprint density at radius 3 is 2.18 bits per heavy atom. The smallest absolute Gasteiger partial charge is 0.261 e. The summed E-state index contributed by atoms with van der Waals surface area (Å²) in [5.74, 6) is -0.195. The highest BCUT2D eigenvalue weighted by atomic mass is 127. The summed E-state index contributed by atoms with van der Waals surface area (Å²) < 4.78 is 13.0. The average Bonchev–Trinajstić information content (AvgIpc) is 2.92. The van der Waals surface area contributed by atoms with Crippen LogP contribution in [0.5, 0.6) is 0 Å². The van der Waals surface area contributed by atoms with Gasteiger partial charge in [0.05, 0.1) is 11.1 Å². The lowest BCUT2D eigenvalue weighted by Gasteiger charge is -2.23. The summed E-state index contributed by atoms with van der Waals surface area (Å²) in [4.78, 5) is 32.1. The van der Waals surface area contributed by atoms with Crippen LogP contribution < -0.4 is 5.32 Å². The predicted molar refractivity (Wildman–Crippen MR) is 116 cm³/mol. The Morgan fingerprint density at radius 2 is 1.64 bits per heavy atom. The molecule has 2 aromatic carbocycles. The Morgan fingerprint density at radius 1 is 1.07 bits per heavy atom. The van der Waals surface area contributed by atoms with Gasteiger partial charge in [0.2, 0.25) is 0 Å². The van der Waals surface area contributed by atoms with Crippen LogP contribution in [-0.2, 0) is 6.54 Å². The molecule has 6 nitrogen and oxygen atoms in total. The quantitative estimate of drug-likeness (QED) is 0.300. The van der Waals surface area contributed by atoms with E-state index in [1.165, 1.54) is 17.0 Å². The summed E-state index contributed by atoms with van der Waals surface area (Å²) in [5.41, 5.74) is 1.84. The van der Waals surface area contributed by atoms with Crippen LogP contribution in [0.4, 0.5) is 4.39 Å². The molecule has 0 radical (unpaired) electrons. The molecule has 8 heteroatoms. The molecule has 0 saturated carbocycles. The number of carbonyl (C=O) groups is 2. The van der Waals surface area contributed by atoms with E-state index in [9.17, 15) is 14.0 Å². The van der Waals surface area contributed by atoms with E-state index in [1.807, 2.05) is 11.9 Å². The van der Waals surface area contributed by atoms with E-state index in [4.69, 9.17) is 0 Å². The van der Waals surface area contributed by atoms with Gasteiger partial charge in [-0.2, -0.15) is 0 Å². The molecule has 0 unspecified atom stereocenters. The number of nitrogens with one attached hydrogen (secondary N) is 1. The van der Waals surface area contributed by atoms with Gasteiger partial charge in [0.15, 0.2) is 5.96 Å². The minimum atomic E-state index is -0.273. The van der Waals surface area contributed by atoms with Crippen molar-refractivity contribution in [3.8, 4) is 0 Å². The molecule has 3 rings (SSSR count). The number of nitrogens with zero attached hydrogens (tertiary/aromatic N) is 3. The number of guanidine groups is 1. The van der Waals surface area contributed by atoms with Crippen molar-refractivity contribution in [3.63, 3.8) is 0 Å². The lowest BCUT2D eigenvalue weighted by atomic mass is 10.1. The molecule has 2 aromatic rings. The molecular formula is C20H22FIN4O2. The first-order chi connectivity index (χ1) is 13.0. The maximum absolute atomic E-state index is 13.0. The van der Waals surface area contributed by atoms with Crippen LogP contribution >= 0.6 is 24.0 Å². The molecule has 1 N–H and O–H groups in total. The first-order valence-electron chi connectivity index (χ1n) is 8.62. The van der Waals surface area contributed by atoms with Crippen molar-refractivity contribution in [1.29, 1.82) is 0 Å². The van der Waals surface area contributed by atoms with Gasteiger partial charge in [-0.3, -0.25) is 19.5 Å². The summed E-state index contributed by atoms with van der Waals surface area (Å²) in [6.45, 7) is 1.18. The summed E-state index contributed by atoms with van der Waals surface area (Å²) >= 11 is 0. The topological polar surface area (TPSA) is 65.0 Å². The summed E-state index contributed by atoms with van der Waals surface area (Å²) in [5, 5.41) is 3.15. The number of rotatable bonds is 5. The third-order valence-corrected chi connectivity index (χ3v) is 4.40. The number of imide groups is 1. The van der Waals surface area contributed by atoms with Crippen LogP contribution in [0.15, 0.2) is 53.5 Å². The van der Waals surface area contributed by atoms with Gasteiger partial charge >= 0.3 is 0 Å². The van der Waals surface area contributed by atoms with E-state index in [-0.39, 0.29) is 48.2 Å². The number of fused-ring (bicyclic) bond motifs is 1. The minimum absolute atomic E-state index is 0. The molecule has 0 spiro atoms. The maximum atomic E-state index is 13.0. The van der Waals surface area contributed by atoms with Gasteiger partial charge in [-0.05, 0) is 29.8 Å². The molecule has 0 bridgehead atoms. The van der Waals surface area contributed by atoms with Gasteiger partial charge in [0.1, 0.15) is 5.82 Å². The Hall–Kier alpha value is -2.49. The Balaban J connectivity index is 0.00000280. The van der Waals surface area contributed by atoms with Crippen LogP contribution in [-0.4, -0.2) is 54.8 Å². The fourth-order valence-electron chi connectivity index (χ4n) is 3.05. The van der Waals surface area contributed by atoms with E-state index in [0.717, 1.165) is 5.56 Å². The lowest BCUT2D eigenvalue weighted by molar-refractivity contribution is 0.0657. The monoisotopic (exact) mass is 496 g/mol. The molecule has 0 saturated heterocycles. The number of halogens is 2. The highest BCUT2D eigenvalue weighted by Gasteiger charge is 2.34. The fourth-order valence-corrected chi connectivity index (χ4v) is 3.05. The standard InChI is InChI=1S/C20H21FN4O2.HI/c1-22-20(24(2)13-14-7-9-15(21)10-8-14)23-11-12-25-18(26)16-5-3-4-6-17(16)19(25)27;/h3-10H,11-13H2,1-2H3,(H,22,23);1H. The van der Waals surface area contributed by atoms with Gasteiger partial charge < -0.3 is 10.2 Å².